The van der Waals surface area contributed by atoms with Crippen LogP contribution < -0.4 is 15.5 Å². The summed E-state index contributed by atoms with van der Waals surface area (Å²) in [4.78, 5) is 22.9. The number of fused-ring (bicyclic) bond motifs is 1. The molecule has 0 aliphatic heterocycles. The second-order valence-electron chi connectivity index (χ2n) is 11.0. The third-order valence-corrected chi connectivity index (χ3v) is 12.5. The molecule has 0 bridgehead atoms. The molecule has 0 spiro atoms. The summed E-state index contributed by atoms with van der Waals surface area (Å²) >= 11 is 12.5. The fraction of sp³-hybridized carbons (Fsp3) is 0.133. The second-order valence-corrected chi connectivity index (χ2v) is 17.2. The minimum atomic E-state index is -5.41. The zero-order valence-corrected chi connectivity index (χ0v) is 33.9. The van der Waals surface area contributed by atoms with Gasteiger partial charge in [0, 0.05) is 28.6 Å². The third-order valence-electron chi connectivity index (χ3n) is 7.38. The van der Waals surface area contributed by atoms with E-state index in [9.17, 15) is 48.8 Å². The third kappa shape index (κ3) is 9.53. The fourth-order valence-corrected chi connectivity index (χ4v) is 7.52. The Hall–Kier alpha value is -4.40. The first-order chi connectivity index (χ1) is 25.7. The number of phenolic OH excluding ortho intramolecular Hbond substituents is 1. The number of carbonyl (C=O) groups excluding carboxylic acids is 1. The van der Waals surface area contributed by atoms with Crippen molar-refractivity contribution in [3.05, 3.63) is 72.0 Å². The van der Waals surface area contributed by atoms with Crippen LogP contribution in [0.5, 0.6) is 5.75 Å². The Morgan fingerprint density at radius 3 is 2.11 bits per heavy atom. The van der Waals surface area contributed by atoms with Crippen LogP contribution in [0.3, 0.4) is 0 Å². The number of rotatable bonds is 13. The molecule has 5 aromatic rings. The predicted molar refractivity (Wildman–Crippen MR) is 208 cm³/mol. The summed E-state index contributed by atoms with van der Waals surface area (Å²) in [6.45, 7) is 2.18. The number of nitrogens with zero attached hydrogens (tertiary/aromatic N) is 6. The fourth-order valence-electron chi connectivity index (χ4n) is 5.03. The van der Waals surface area contributed by atoms with Crippen molar-refractivity contribution in [3.63, 3.8) is 0 Å². The Bertz CT molecular complexity index is 2700. The number of benzene rings is 4. The number of hydrogen-bond acceptors (Lipinski definition) is 15. The Labute approximate surface area is 334 Å². The van der Waals surface area contributed by atoms with E-state index >= 15 is 0 Å². The zero-order valence-electron chi connectivity index (χ0n) is 27.5. The number of halogens is 3. The first-order valence-corrected chi connectivity index (χ1v) is 21.8. The van der Waals surface area contributed by atoms with Crippen LogP contribution in [0.2, 0.25) is 5.28 Å². The number of nitrogens with one attached hydrogen (secondary N) is 2. The van der Waals surface area contributed by atoms with Gasteiger partial charge in [-0.2, -0.15) is 40.2 Å². The number of alkyl halides is 2. The second kappa shape index (κ2) is 16.4. The van der Waals surface area contributed by atoms with Crippen LogP contribution >= 0.6 is 43.5 Å². The number of anilines is 5. The van der Waals surface area contributed by atoms with E-state index in [2.05, 4.69) is 67.7 Å². The van der Waals surface area contributed by atoms with Gasteiger partial charge in [-0.25, -0.2) is 0 Å². The minimum Gasteiger partial charge on any atom is -0.505 e. The number of carbonyl (C=O) groups is 1. The van der Waals surface area contributed by atoms with E-state index in [4.69, 9.17) is 11.6 Å². The Kier molecular flexibility index (Phi) is 12.4. The molecule has 290 valence electrons. The minimum absolute atomic E-state index is 0.0527. The van der Waals surface area contributed by atoms with Crippen molar-refractivity contribution in [2.24, 2.45) is 10.2 Å². The van der Waals surface area contributed by atoms with Crippen molar-refractivity contribution in [2.45, 2.75) is 26.4 Å². The maximum absolute atomic E-state index is 12.7. The summed E-state index contributed by atoms with van der Waals surface area (Å²) in [5.41, 5.74) is -1.33. The average Bonchev–Trinajstić information content (AvgIpc) is 3.10. The van der Waals surface area contributed by atoms with Gasteiger partial charge < -0.3 is 20.6 Å². The van der Waals surface area contributed by atoms with Crippen molar-refractivity contribution >= 4 is 131 Å². The molecule has 25 heteroatoms. The number of hydrogen-bond donors (Lipinski definition) is 6. The van der Waals surface area contributed by atoms with Gasteiger partial charge in [0.2, 0.25) is 23.1 Å². The standard InChI is InChI=1S/C30H25Br2ClN8O11S3/c1-2-41(16-6-4-3-5-7-16)30-37-28(33)36-29(38-30)35-19-9-11-21(53(44,45)46)17-13-23(55(50,51)52)25(26(42)24(17)19)40-39-20-12-15(34-27(43)18(32)14-31)8-10-22(20)54(47,48)49/h3-13,18,42H,2,14H2,1H3,(H,34,43)(H,44,45,46)(H,47,48,49)(H,50,51,52)(H,35,36,37,38)/b40-39+. The van der Waals surface area contributed by atoms with Gasteiger partial charge in [-0.1, -0.05) is 50.1 Å². The lowest BCUT2D eigenvalue weighted by molar-refractivity contribution is -0.115. The van der Waals surface area contributed by atoms with Crippen LogP contribution in [0.15, 0.2) is 91.6 Å². The van der Waals surface area contributed by atoms with Crippen LogP contribution in [-0.4, -0.2) is 81.6 Å². The number of amides is 1. The number of phenols is 1. The largest absolute Gasteiger partial charge is 0.505 e. The molecule has 0 saturated carbocycles. The van der Waals surface area contributed by atoms with Gasteiger partial charge in [-0.3, -0.25) is 18.5 Å². The van der Waals surface area contributed by atoms with Crippen LogP contribution in [-0.2, 0) is 35.1 Å². The lowest BCUT2D eigenvalue weighted by Crippen LogP contribution is -2.23. The first-order valence-electron chi connectivity index (χ1n) is 15.1. The van der Waals surface area contributed by atoms with Gasteiger partial charge in [0.1, 0.15) is 30.9 Å². The molecular formula is C30H25Br2ClN8O11S3. The average molecular weight is 965 g/mol. The number of aromatic hydroxyl groups is 1. The molecule has 0 aliphatic carbocycles. The van der Waals surface area contributed by atoms with E-state index in [1.807, 2.05) is 6.92 Å². The molecule has 19 nitrogen and oxygen atoms in total. The lowest BCUT2D eigenvalue weighted by atomic mass is 10.1. The molecular weight excluding hydrogens is 940 g/mol. The molecule has 0 fully saturated rings. The van der Waals surface area contributed by atoms with Crippen molar-refractivity contribution in [2.75, 3.05) is 27.4 Å². The van der Waals surface area contributed by atoms with Gasteiger partial charge >= 0.3 is 0 Å². The molecule has 6 N–H and O–H groups in total. The van der Waals surface area contributed by atoms with Crippen molar-refractivity contribution < 1.29 is 48.8 Å². The van der Waals surface area contributed by atoms with Gasteiger partial charge in [0.05, 0.1) is 11.1 Å². The van der Waals surface area contributed by atoms with Crippen LogP contribution in [0, 0.1) is 0 Å². The molecule has 1 heterocycles. The molecule has 0 aliphatic rings. The summed E-state index contributed by atoms with van der Waals surface area (Å²) in [6, 6.07) is 14.3. The molecule has 5 rings (SSSR count). The molecule has 0 radical (unpaired) electrons. The van der Waals surface area contributed by atoms with Gasteiger partial charge in [0.15, 0.2) is 5.75 Å². The Morgan fingerprint density at radius 1 is 0.873 bits per heavy atom. The van der Waals surface area contributed by atoms with Gasteiger partial charge in [-0.15, -0.1) is 10.2 Å². The monoisotopic (exact) mass is 962 g/mol. The van der Waals surface area contributed by atoms with E-state index in [0.29, 0.717) is 18.3 Å². The van der Waals surface area contributed by atoms with E-state index in [0.717, 1.165) is 30.3 Å². The Morgan fingerprint density at radius 2 is 1.51 bits per heavy atom. The highest BCUT2D eigenvalue weighted by molar-refractivity contribution is 9.12. The highest BCUT2D eigenvalue weighted by Crippen LogP contribution is 2.47. The highest BCUT2D eigenvalue weighted by Gasteiger charge is 2.28. The maximum atomic E-state index is 12.7. The summed E-state index contributed by atoms with van der Waals surface area (Å²) in [5.74, 6) is -1.94. The van der Waals surface area contributed by atoms with E-state index in [-0.39, 0.29) is 33.9 Å². The normalized spacial score (nSPS) is 12.9. The van der Waals surface area contributed by atoms with Crippen molar-refractivity contribution in [1.82, 2.24) is 15.0 Å². The van der Waals surface area contributed by atoms with Crippen molar-refractivity contribution in [1.29, 1.82) is 0 Å². The number of para-hydroxylation sites is 1. The highest BCUT2D eigenvalue weighted by atomic mass is 79.9. The summed E-state index contributed by atoms with van der Waals surface area (Å²) < 4.78 is 105. The molecule has 0 saturated heterocycles. The van der Waals surface area contributed by atoms with Gasteiger partial charge in [-0.05, 0) is 67.1 Å². The summed E-state index contributed by atoms with van der Waals surface area (Å²) in [6.07, 6.45) is 0. The number of aromatic nitrogens is 3. The molecule has 1 aromatic heterocycles. The summed E-state index contributed by atoms with van der Waals surface area (Å²) in [7, 11) is -15.6. The van der Waals surface area contributed by atoms with E-state index in [1.54, 1.807) is 35.2 Å². The van der Waals surface area contributed by atoms with Crippen LogP contribution in [0.25, 0.3) is 10.8 Å². The predicted octanol–water partition coefficient (Wildman–Crippen LogP) is 6.54. The quantitative estimate of drug-likeness (QED) is 0.0415. The maximum Gasteiger partial charge on any atom is 0.296 e. The van der Waals surface area contributed by atoms with Crippen LogP contribution in [0.1, 0.15) is 6.92 Å². The van der Waals surface area contributed by atoms with E-state index < -0.39 is 83.7 Å². The topological polar surface area (TPSA) is 291 Å². The van der Waals surface area contributed by atoms with E-state index in [1.165, 1.54) is 0 Å². The molecule has 1 amide bonds. The first kappa shape index (κ1) is 41.8. The Balaban J connectivity index is 1.74. The summed E-state index contributed by atoms with van der Waals surface area (Å²) in [5, 5.41) is 23.0. The van der Waals surface area contributed by atoms with Gasteiger partial charge in [0.25, 0.3) is 30.4 Å². The molecule has 1 atom stereocenters. The molecule has 55 heavy (non-hydrogen) atoms. The lowest BCUT2D eigenvalue weighted by Gasteiger charge is -2.21. The smallest absolute Gasteiger partial charge is 0.296 e. The SMILES string of the molecule is CCN(c1ccccc1)c1nc(Cl)nc(Nc2ccc(S(=O)(=O)O)c3cc(S(=O)(=O)O)c(/N=N/c4cc(NC(=O)C(Br)CBr)ccc4S(=O)(=O)O)c(O)c23)n1. The van der Waals surface area contributed by atoms with Crippen molar-refractivity contribution in [3.8, 4) is 5.75 Å². The van der Waals surface area contributed by atoms with Crippen LogP contribution in [0.4, 0.5) is 40.3 Å². The molecule has 1 unspecified atom stereocenters. The molecule has 4 aromatic carbocycles. The number of azo groups is 1. The zero-order chi connectivity index (χ0) is 40.5.